The van der Waals surface area contributed by atoms with E-state index in [2.05, 4.69) is 10.6 Å². The maximum Gasteiger partial charge on any atom is 0.305 e. The Morgan fingerprint density at radius 2 is 2.00 bits per heavy atom. The molecule has 1 unspecified atom stereocenters. The summed E-state index contributed by atoms with van der Waals surface area (Å²) in [5.41, 5.74) is -0.831. The van der Waals surface area contributed by atoms with Crippen LogP contribution >= 0.6 is 0 Å². The Bertz CT molecular complexity index is 358. The Balaban J connectivity index is 2.04. The van der Waals surface area contributed by atoms with Crippen LogP contribution in [0.2, 0.25) is 0 Å². The van der Waals surface area contributed by atoms with Crippen LogP contribution in [0.1, 0.15) is 51.9 Å². The van der Waals surface area contributed by atoms with Crippen molar-refractivity contribution in [3.05, 3.63) is 0 Å². The molecule has 3 N–H and O–H groups in total. The Labute approximate surface area is 114 Å². The van der Waals surface area contributed by atoms with Gasteiger partial charge in [-0.2, -0.15) is 0 Å². The largest absolute Gasteiger partial charge is 0.481 e. The highest BCUT2D eigenvalue weighted by atomic mass is 16.4. The molecule has 0 bridgehead atoms. The fourth-order valence-electron chi connectivity index (χ4n) is 3.24. The number of carbonyl (C=O) groups excluding carboxylic acids is 1. The molecule has 0 aromatic heterocycles. The third-order valence-electron chi connectivity index (χ3n) is 4.81. The number of rotatable bonds is 5. The topological polar surface area (TPSA) is 78.4 Å². The second kappa shape index (κ2) is 5.49. The molecule has 108 valence electrons. The van der Waals surface area contributed by atoms with Crippen LogP contribution in [0.15, 0.2) is 0 Å². The molecular formula is C14H24N2O3. The van der Waals surface area contributed by atoms with E-state index in [0.29, 0.717) is 6.54 Å². The van der Waals surface area contributed by atoms with Crippen LogP contribution in [0.25, 0.3) is 0 Å². The number of aliphatic carboxylic acids is 1. The van der Waals surface area contributed by atoms with Gasteiger partial charge in [0.05, 0.1) is 17.4 Å². The van der Waals surface area contributed by atoms with Crippen molar-refractivity contribution in [2.75, 3.05) is 13.1 Å². The van der Waals surface area contributed by atoms with Crippen molar-refractivity contribution < 1.29 is 14.7 Å². The molecule has 19 heavy (non-hydrogen) atoms. The summed E-state index contributed by atoms with van der Waals surface area (Å²) in [4.78, 5) is 23.5. The number of carboxylic acids is 1. The summed E-state index contributed by atoms with van der Waals surface area (Å²) < 4.78 is 0. The smallest absolute Gasteiger partial charge is 0.305 e. The number of hydrogen-bond acceptors (Lipinski definition) is 3. The minimum atomic E-state index is -0.827. The van der Waals surface area contributed by atoms with Gasteiger partial charge in [0.25, 0.3) is 0 Å². The number of hydrogen-bond donors (Lipinski definition) is 3. The average Bonchev–Trinajstić information content (AvgIpc) is 2.36. The number of nitrogens with one attached hydrogen (secondary N) is 2. The minimum absolute atomic E-state index is 0.0446. The van der Waals surface area contributed by atoms with Gasteiger partial charge in [-0.25, -0.2) is 0 Å². The zero-order chi connectivity index (χ0) is 13.9. The molecular weight excluding hydrogens is 244 g/mol. The monoisotopic (exact) mass is 268 g/mol. The lowest BCUT2D eigenvalue weighted by Gasteiger charge is -2.45. The average molecular weight is 268 g/mol. The van der Waals surface area contributed by atoms with Crippen LogP contribution in [0, 0.1) is 5.41 Å². The molecule has 1 heterocycles. The van der Waals surface area contributed by atoms with Crippen molar-refractivity contribution in [1.29, 1.82) is 0 Å². The van der Waals surface area contributed by atoms with Crippen molar-refractivity contribution in [3.8, 4) is 0 Å². The van der Waals surface area contributed by atoms with Crippen LogP contribution in [-0.4, -0.2) is 35.6 Å². The fourth-order valence-corrected chi connectivity index (χ4v) is 3.24. The van der Waals surface area contributed by atoms with Crippen molar-refractivity contribution in [2.45, 2.75) is 57.4 Å². The van der Waals surface area contributed by atoms with Crippen molar-refractivity contribution in [3.63, 3.8) is 0 Å². The summed E-state index contributed by atoms with van der Waals surface area (Å²) >= 11 is 0. The van der Waals surface area contributed by atoms with E-state index in [1.54, 1.807) is 0 Å². The highest BCUT2D eigenvalue weighted by Crippen LogP contribution is 2.38. The predicted molar refractivity (Wildman–Crippen MR) is 71.8 cm³/mol. The van der Waals surface area contributed by atoms with Crippen molar-refractivity contribution in [2.24, 2.45) is 5.41 Å². The van der Waals surface area contributed by atoms with Gasteiger partial charge in [0.2, 0.25) is 5.91 Å². The Kier molecular flexibility index (Phi) is 4.13. The maximum atomic E-state index is 12.6. The fraction of sp³-hybridized carbons (Fsp3) is 0.857. The molecule has 2 rings (SSSR count). The lowest BCUT2D eigenvalue weighted by molar-refractivity contribution is -0.142. The van der Waals surface area contributed by atoms with Gasteiger partial charge in [0, 0.05) is 6.54 Å². The van der Waals surface area contributed by atoms with E-state index < -0.39 is 11.5 Å². The standard InChI is InChI=1S/C14H24N2O3/c1-2-13(5-4-8-15-10-13)12(19)16-14(6-3-7-14)9-11(17)18/h15H,2-10H2,1H3,(H,16,19)(H,17,18). The number of carbonyl (C=O) groups is 2. The van der Waals surface area contributed by atoms with Gasteiger partial charge >= 0.3 is 5.97 Å². The van der Waals surface area contributed by atoms with Crippen molar-refractivity contribution >= 4 is 11.9 Å². The summed E-state index contributed by atoms with van der Waals surface area (Å²) in [6, 6.07) is 0. The van der Waals surface area contributed by atoms with E-state index in [1.165, 1.54) is 0 Å². The van der Waals surface area contributed by atoms with E-state index in [0.717, 1.165) is 45.1 Å². The first-order valence-electron chi connectivity index (χ1n) is 7.27. The summed E-state index contributed by atoms with van der Waals surface area (Å²) in [5.74, 6) is -0.782. The Morgan fingerprint density at radius 1 is 1.26 bits per heavy atom. The molecule has 0 aromatic carbocycles. The molecule has 0 radical (unpaired) electrons. The first-order chi connectivity index (χ1) is 9.02. The van der Waals surface area contributed by atoms with Gasteiger partial charge in [-0.1, -0.05) is 6.92 Å². The molecule has 1 saturated heterocycles. The third kappa shape index (κ3) is 2.91. The van der Waals surface area contributed by atoms with Crippen molar-refractivity contribution in [1.82, 2.24) is 10.6 Å². The first-order valence-corrected chi connectivity index (χ1v) is 7.27. The second-order valence-corrected chi connectivity index (χ2v) is 6.07. The molecule has 1 aliphatic heterocycles. The summed E-state index contributed by atoms with van der Waals surface area (Å²) in [7, 11) is 0. The van der Waals surface area contributed by atoms with Crippen LogP contribution < -0.4 is 10.6 Å². The summed E-state index contributed by atoms with van der Waals surface area (Å²) in [6.45, 7) is 3.71. The van der Waals surface area contributed by atoms with Gasteiger partial charge in [0.1, 0.15) is 0 Å². The van der Waals surface area contributed by atoms with Gasteiger partial charge in [-0.15, -0.1) is 0 Å². The summed E-state index contributed by atoms with van der Waals surface area (Å²) in [6.07, 6.45) is 5.33. The van der Waals surface area contributed by atoms with E-state index in [-0.39, 0.29) is 17.7 Å². The van der Waals surface area contributed by atoms with E-state index >= 15 is 0 Å². The zero-order valence-electron chi connectivity index (χ0n) is 11.6. The van der Waals surface area contributed by atoms with Crippen LogP contribution in [0.4, 0.5) is 0 Å². The third-order valence-corrected chi connectivity index (χ3v) is 4.81. The van der Waals surface area contributed by atoms with Crippen LogP contribution in [-0.2, 0) is 9.59 Å². The van der Waals surface area contributed by atoms with E-state index in [9.17, 15) is 9.59 Å². The Hall–Kier alpha value is -1.10. The predicted octanol–water partition coefficient (Wildman–Crippen LogP) is 1.28. The molecule has 5 heteroatoms. The quantitative estimate of drug-likeness (QED) is 0.702. The molecule has 1 aliphatic carbocycles. The molecule has 2 aliphatic rings. The van der Waals surface area contributed by atoms with Gasteiger partial charge in [-0.3, -0.25) is 9.59 Å². The first kappa shape index (κ1) is 14.3. The SMILES string of the molecule is CCC1(C(=O)NC2(CC(=O)O)CCC2)CCCNC1. The van der Waals surface area contributed by atoms with Crippen LogP contribution in [0.5, 0.6) is 0 Å². The lowest BCUT2D eigenvalue weighted by atomic mass is 9.71. The van der Waals surface area contributed by atoms with Gasteiger partial charge in [0.15, 0.2) is 0 Å². The summed E-state index contributed by atoms with van der Waals surface area (Å²) in [5, 5.41) is 15.4. The van der Waals surface area contributed by atoms with Gasteiger partial charge in [-0.05, 0) is 45.1 Å². The molecule has 0 spiro atoms. The normalized spacial score (nSPS) is 29.3. The number of amides is 1. The second-order valence-electron chi connectivity index (χ2n) is 6.07. The Morgan fingerprint density at radius 3 is 2.42 bits per heavy atom. The molecule has 2 fully saturated rings. The molecule has 5 nitrogen and oxygen atoms in total. The minimum Gasteiger partial charge on any atom is -0.481 e. The highest BCUT2D eigenvalue weighted by Gasteiger charge is 2.45. The molecule has 1 atom stereocenters. The van der Waals surface area contributed by atoms with Gasteiger partial charge < -0.3 is 15.7 Å². The molecule has 0 aromatic rings. The lowest BCUT2D eigenvalue weighted by Crippen LogP contribution is -2.60. The number of carboxylic acid groups (broad SMARTS) is 1. The van der Waals surface area contributed by atoms with E-state index in [4.69, 9.17) is 5.11 Å². The van der Waals surface area contributed by atoms with E-state index in [1.807, 2.05) is 6.92 Å². The maximum absolute atomic E-state index is 12.6. The number of piperidine rings is 1. The van der Waals surface area contributed by atoms with Crippen LogP contribution in [0.3, 0.4) is 0 Å². The molecule has 1 amide bonds. The molecule has 1 saturated carbocycles. The zero-order valence-corrected chi connectivity index (χ0v) is 11.6. The highest BCUT2D eigenvalue weighted by molar-refractivity contribution is 5.84.